The van der Waals surface area contributed by atoms with Crippen LogP contribution in [0.3, 0.4) is 0 Å². The second-order valence-electron chi connectivity index (χ2n) is 5.61. The molecule has 146 valence electrons. The number of para-hydroxylation sites is 1. The lowest BCUT2D eigenvalue weighted by molar-refractivity contribution is 0.349. The van der Waals surface area contributed by atoms with Crippen LogP contribution >= 0.6 is 11.6 Å². The van der Waals surface area contributed by atoms with Crippen LogP contribution in [-0.4, -0.2) is 31.1 Å². The number of ether oxygens (including phenoxy) is 2. The maximum Gasteiger partial charge on any atom is 0.244 e. The molecule has 9 nitrogen and oxygen atoms in total. The number of primary sulfonamides is 1. The molecule has 3 rings (SSSR count). The molecule has 0 unspecified atom stereocenters. The van der Waals surface area contributed by atoms with Gasteiger partial charge in [0.15, 0.2) is 11.5 Å². The zero-order chi connectivity index (χ0) is 20.0. The second-order valence-corrected chi connectivity index (χ2v) is 9.22. The smallest absolute Gasteiger partial charge is 0.244 e. The molecule has 0 spiro atoms. The van der Waals surface area contributed by atoms with E-state index >= 15 is 0 Å². The first-order chi connectivity index (χ1) is 12.6. The highest BCUT2D eigenvalue weighted by Gasteiger charge is 2.34. The Kier molecular flexibility index (Phi) is 4.99. The summed E-state index contributed by atoms with van der Waals surface area (Å²) in [5, 5.41) is 7.86. The molecule has 1 aliphatic heterocycles. The molecule has 0 saturated heterocycles. The third-order valence-electron chi connectivity index (χ3n) is 3.95. The van der Waals surface area contributed by atoms with Crippen molar-refractivity contribution in [3.8, 4) is 11.5 Å². The summed E-state index contributed by atoms with van der Waals surface area (Å²) in [5.41, 5.74) is 0.596. The van der Waals surface area contributed by atoms with E-state index in [-0.39, 0.29) is 15.6 Å². The predicted octanol–water partition coefficient (Wildman–Crippen LogP) is 1.41. The van der Waals surface area contributed by atoms with Gasteiger partial charge in [0.25, 0.3) is 0 Å². The fourth-order valence-electron chi connectivity index (χ4n) is 2.77. The molecule has 0 aliphatic carbocycles. The Hall–Kier alpha value is -2.05. The molecule has 0 amide bonds. The van der Waals surface area contributed by atoms with E-state index in [0.29, 0.717) is 17.1 Å². The van der Waals surface area contributed by atoms with Crippen LogP contribution in [0.2, 0.25) is 5.02 Å². The summed E-state index contributed by atoms with van der Waals surface area (Å²) in [6, 6.07) is 7.13. The summed E-state index contributed by atoms with van der Waals surface area (Å²) in [4.78, 5) is -0.762. The maximum absolute atomic E-state index is 12.7. The number of nitrogens with two attached hydrogens (primary N) is 1. The molecule has 4 N–H and O–H groups in total. The molecule has 12 heteroatoms. The molecule has 2 aromatic carbocycles. The van der Waals surface area contributed by atoms with Gasteiger partial charge in [-0.2, -0.15) is 4.72 Å². The zero-order valence-corrected chi connectivity index (χ0v) is 16.6. The molecule has 0 fully saturated rings. The number of halogens is 1. The van der Waals surface area contributed by atoms with Crippen LogP contribution in [-0.2, 0) is 20.0 Å². The van der Waals surface area contributed by atoms with E-state index in [0.717, 1.165) is 6.07 Å². The molecule has 0 saturated carbocycles. The monoisotopic (exact) mass is 433 g/mol. The van der Waals surface area contributed by atoms with E-state index in [4.69, 9.17) is 26.2 Å². The van der Waals surface area contributed by atoms with Crippen molar-refractivity contribution in [1.82, 2.24) is 4.72 Å². The Labute approximate surface area is 161 Å². The summed E-state index contributed by atoms with van der Waals surface area (Å²) in [7, 11) is -5.37. The SMILES string of the molecule is COc1cccc([C@@H]2Nc3cc(Cl)c(S(N)(=O)=O)cc3S(=O)(=O)N2)c1OC. The van der Waals surface area contributed by atoms with Crippen molar-refractivity contribution in [2.45, 2.75) is 16.0 Å². The fourth-order valence-corrected chi connectivity index (χ4v) is 5.25. The highest BCUT2D eigenvalue weighted by Crippen LogP contribution is 2.40. The van der Waals surface area contributed by atoms with Crippen molar-refractivity contribution < 1.29 is 26.3 Å². The average Bonchev–Trinajstić information content (AvgIpc) is 2.58. The molecule has 0 bridgehead atoms. The van der Waals surface area contributed by atoms with Gasteiger partial charge in [-0.3, -0.25) is 0 Å². The van der Waals surface area contributed by atoms with E-state index in [2.05, 4.69) is 10.0 Å². The summed E-state index contributed by atoms with van der Waals surface area (Å²) in [5.74, 6) is 0.764. The topological polar surface area (TPSA) is 137 Å². The van der Waals surface area contributed by atoms with Gasteiger partial charge in [-0.05, 0) is 18.2 Å². The molecule has 1 aliphatic rings. The number of hydrogen-bond acceptors (Lipinski definition) is 7. The minimum atomic E-state index is -4.19. The standard InChI is InChI=1S/C15H16ClN3O6S2/c1-24-11-5-3-4-8(14(11)25-2)15-18-10-6-9(16)12(26(17,20)21)7-13(10)27(22,23)19-15/h3-7,15,18-19H,1-2H3,(H2,17,20,21)/t15-/m1/s1. The first-order valence-corrected chi connectivity index (χ1v) is 10.9. The van der Waals surface area contributed by atoms with Gasteiger partial charge < -0.3 is 14.8 Å². The van der Waals surface area contributed by atoms with Crippen LogP contribution < -0.4 is 24.7 Å². The number of anilines is 1. The Balaban J connectivity index is 2.15. The zero-order valence-electron chi connectivity index (χ0n) is 14.2. The molecule has 0 aromatic heterocycles. The van der Waals surface area contributed by atoms with Crippen molar-refractivity contribution in [3.63, 3.8) is 0 Å². The minimum absolute atomic E-state index is 0.126. The van der Waals surface area contributed by atoms with Gasteiger partial charge in [0, 0.05) is 5.56 Å². The van der Waals surface area contributed by atoms with Crippen LogP contribution in [0.1, 0.15) is 11.7 Å². The normalized spacial score (nSPS) is 18.3. The van der Waals surface area contributed by atoms with Crippen LogP contribution in [0.4, 0.5) is 5.69 Å². The summed E-state index contributed by atoms with van der Waals surface area (Å²) in [6.07, 6.45) is -0.899. The van der Waals surface area contributed by atoms with Gasteiger partial charge in [-0.25, -0.2) is 22.0 Å². The highest BCUT2D eigenvalue weighted by atomic mass is 35.5. The largest absolute Gasteiger partial charge is 0.493 e. The molecule has 1 atom stereocenters. The van der Waals surface area contributed by atoms with E-state index in [9.17, 15) is 16.8 Å². The van der Waals surface area contributed by atoms with Crippen molar-refractivity contribution in [1.29, 1.82) is 0 Å². The lowest BCUT2D eigenvalue weighted by Gasteiger charge is -2.30. The minimum Gasteiger partial charge on any atom is -0.493 e. The number of sulfonamides is 2. The maximum atomic E-state index is 12.7. The number of nitrogens with one attached hydrogen (secondary N) is 2. The second kappa shape index (κ2) is 6.84. The lowest BCUT2D eigenvalue weighted by Crippen LogP contribution is -2.38. The highest BCUT2D eigenvalue weighted by molar-refractivity contribution is 7.90. The molecule has 1 heterocycles. The number of benzene rings is 2. The first-order valence-electron chi connectivity index (χ1n) is 7.44. The van der Waals surface area contributed by atoms with Gasteiger partial charge in [-0.15, -0.1) is 0 Å². The van der Waals surface area contributed by atoms with Crippen molar-refractivity contribution in [3.05, 3.63) is 40.9 Å². The molecule has 0 radical (unpaired) electrons. The van der Waals surface area contributed by atoms with E-state index in [1.54, 1.807) is 18.2 Å². The fraction of sp³-hybridized carbons (Fsp3) is 0.200. The van der Waals surface area contributed by atoms with Gasteiger partial charge in [0.1, 0.15) is 16.0 Å². The van der Waals surface area contributed by atoms with Gasteiger partial charge in [-0.1, -0.05) is 23.7 Å². The molecule has 27 heavy (non-hydrogen) atoms. The van der Waals surface area contributed by atoms with Gasteiger partial charge in [0.05, 0.1) is 24.9 Å². The van der Waals surface area contributed by atoms with E-state index in [1.165, 1.54) is 20.3 Å². The number of fused-ring (bicyclic) bond motifs is 1. The molecule has 2 aromatic rings. The number of methoxy groups -OCH3 is 2. The van der Waals surface area contributed by atoms with Gasteiger partial charge in [0.2, 0.25) is 20.0 Å². The van der Waals surface area contributed by atoms with Crippen LogP contribution in [0.25, 0.3) is 0 Å². The Bertz CT molecular complexity index is 1120. The summed E-state index contributed by atoms with van der Waals surface area (Å²) in [6.45, 7) is 0. The average molecular weight is 434 g/mol. The van der Waals surface area contributed by atoms with Crippen molar-refractivity contribution in [2.75, 3.05) is 19.5 Å². The first kappa shape index (κ1) is 19.7. The third-order valence-corrected chi connectivity index (χ3v) is 6.79. The molecular formula is C15H16ClN3O6S2. The van der Waals surface area contributed by atoms with Crippen molar-refractivity contribution in [2.24, 2.45) is 5.14 Å². The number of rotatable bonds is 4. The predicted molar refractivity (Wildman–Crippen MR) is 99.1 cm³/mol. The van der Waals surface area contributed by atoms with Crippen molar-refractivity contribution >= 4 is 37.3 Å². The van der Waals surface area contributed by atoms with Crippen LogP contribution in [0.5, 0.6) is 11.5 Å². The summed E-state index contributed by atoms with van der Waals surface area (Å²) < 4.78 is 61.6. The Morgan fingerprint density at radius 3 is 2.48 bits per heavy atom. The number of hydrogen-bond donors (Lipinski definition) is 3. The van der Waals surface area contributed by atoms with E-state index < -0.39 is 31.1 Å². The third kappa shape index (κ3) is 3.56. The van der Waals surface area contributed by atoms with Gasteiger partial charge >= 0.3 is 0 Å². The Morgan fingerprint density at radius 1 is 1.19 bits per heavy atom. The van der Waals surface area contributed by atoms with E-state index in [1.807, 2.05) is 0 Å². The summed E-state index contributed by atoms with van der Waals surface area (Å²) >= 11 is 5.98. The quantitative estimate of drug-likeness (QED) is 0.662. The Morgan fingerprint density at radius 2 is 1.89 bits per heavy atom. The molecular weight excluding hydrogens is 418 g/mol. The lowest BCUT2D eigenvalue weighted by atomic mass is 10.1. The van der Waals surface area contributed by atoms with Crippen LogP contribution in [0, 0.1) is 0 Å². The van der Waals surface area contributed by atoms with Crippen LogP contribution in [0.15, 0.2) is 40.1 Å².